The van der Waals surface area contributed by atoms with E-state index in [1.165, 1.54) is 29.7 Å². The third-order valence-electron chi connectivity index (χ3n) is 4.67. The van der Waals surface area contributed by atoms with E-state index >= 15 is 0 Å². The van der Waals surface area contributed by atoms with Crippen LogP contribution in [0.1, 0.15) is 41.5 Å². The third kappa shape index (κ3) is 2.34. The second-order valence-electron chi connectivity index (χ2n) is 6.16. The summed E-state index contributed by atoms with van der Waals surface area (Å²) in [5.74, 6) is 2.26. The number of ether oxygens (including phenoxy) is 1. The van der Waals surface area contributed by atoms with Gasteiger partial charge in [0, 0.05) is 12.5 Å². The summed E-state index contributed by atoms with van der Waals surface area (Å²) in [5, 5.41) is 8.06. The zero-order valence-corrected chi connectivity index (χ0v) is 13.0. The van der Waals surface area contributed by atoms with Crippen LogP contribution in [0.15, 0.2) is 18.2 Å². The molecule has 5 nitrogen and oxygen atoms in total. The highest BCUT2D eigenvalue weighted by Gasteiger charge is 2.25. The Kier molecular flexibility index (Phi) is 3.68. The van der Waals surface area contributed by atoms with Gasteiger partial charge in [-0.25, -0.2) is 9.67 Å². The van der Waals surface area contributed by atoms with Crippen molar-refractivity contribution in [2.45, 2.75) is 38.1 Å². The lowest BCUT2D eigenvalue weighted by molar-refractivity contribution is 0.193. The molecule has 22 heavy (non-hydrogen) atoms. The predicted molar refractivity (Wildman–Crippen MR) is 84.3 cm³/mol. The molecule has 0 spiro atoms. The summed E-state index contributed by atoms with van der Waals surface area (Å²) in [7, 11) is 1.95. The van der Waals surface area contributed by atoms with Crippen molar-refractivity contribution < 1.29 is 4.74 Å². The first-order valence-corrected chi connectivity index (χ1v) is 8.16. The van der Waals surface area contributed by atoms with Crippen molar-refractivity contribution in [3.8, 4) is 5.69 Å². The first-order chi connectivity index (χ1) is 10.9. The Balaban J connectivity index is 1.78. The molecule has 0 amide bonds. The fourth-order valence-corrected chi connectivity index (χ4v) is 3.54. The van der Waals surface area contributed by atoms with E-state index in [9.17, 15) is 0 Å². The summed E-state index contributed by atoms with van der Waals surface area (Å²) in [4.78, 5) is 4.79. The van der Waals surface area contributed by atoms with Gasteiger partial charge >= 0.3 is 0 Å². The largest absolute Gasteiger partial charge is 0.381 e. The highest BCUT2D eigenvalue weighted by molar-refractivity contribution is 5.48. The molecule has 1 atom stereocenters. The average Bonchev–Trinajstić information content (AvgIpc) is 3.27. The van der Waals surface area contributed by atoms with Crippen molar-refractivity contribution >= 4 is 0 Å². The maximum Gasteiger partial charge on any atom is 0.156 e. The van der Waals surface area contributed by atoms with E-state index in [0.717, 1.165) is 44.2 Å². The molecule has 116 valence electrons. The van der Waals surface area contributed by atoms with Crippen molar-refractivity contribution in [1.29, 1.82) is 0 Å². The van der Waals surface area contributed by atoms with Gasteiger partial charge in [0.25, 0.3) is 0 Å². The second kappa shape index (κ2) is 5.82. The lowest BCUT2D eigenvalue weighted by Gasteiger charge is -2.10. The average molecular weight is 298 g/mol. The molecule has 1 saturated heterocycles. The van der Waals surface area contributed by atoms with Gasteiger partial charge in [-0.1, -0.05) is 12.1 Å². The summed E-state index contributed by atoms with van der Waals surface area (Å²) in [6.45, 7) is 2.29. The molecule has 0 saturated carbocycles. The van der Waals surface area contributed by atoms with Crippen LogP contribution in [0.4, 0.5) is 0 Å². The maximum atomic E-state index is 5.50. The molecule has 4 rings (SSSR count). The van der Waals surface area contributed by atoms with Crippen LogP contribution < -0.4 is 5.32 Å². The Morgan fingerprint density at radius 3 is 3.14 bits per heavy atom. The van der Waals surface area contributed by atoms with Crippen molar-refractivity contribution in [3.05, 3.63) is 41.0 Å². The molecule has 1 aromatic heterocycles. The van der Waals surface area contributed by atoms with Crippen LogP contribution in [0.3, 0.4) is 0 Å². The first-order valence-electron chi connectivity index (χ1n) is 8.16. The standard InChI is InChI=1S/C17H22N4O/c1-18-10-16-19-17(13-8-9-22-11-13)20-21(16)15-7-3-5-12-4-2-6-14(12)15/h3,5,7,13,18H,2,4,6,8-11H2,1H3/t13-/m0/s1. The third-order valence-corrected chi connectivity index (χ3v) is 4.67. The number of hydrogen-bond donors (Lipinski definition) is 1. The van der Waals surface area contributed by atoms with E-state index in [1.807, 2.05) is 11.7 Å². The lowest BCUT2D eigenvalue weighted by Crippen LogP contribution is -2.13. The molecular weight excluding hydrogens is 276 g/mol. The van der Waals surface area contributed by atoms with Gasteiger partial charge in [-0.15, -0.1) is 0 Å². The number of aromatic nitrogens is 3. The van der Waals surface area contributed by atoms with Crippen molar-refractivity contribution in [1.82, 2.24) is 20.1 Å². The van der Waals surface area contributed by atoms with E-state index in [2.05, 4.69) is 23.5 Å². The summed E-state index contributed by atoms with van der Waals surface area (Å²) < 4.78 is 7.55. The lowest BCUT2D eigenvalue weighted by atomic mass is 10.1. The van der Waals surface area contributed by atoms with E-state index in [1.54, 1.807) is 0 Å². The highest BCUT2D eigenvalue weighted by Crippen LogP contribution is 2.29. The molecule has 0 radical (unpaired) electrons. The normalized spacial score (nSPS) is 20.5. The number of rotatable bonds is 4. The Morgan fingerprint density at radius 1 is 1.36 bits per heavy atom. The molecule has 1 aromatic carbocycles. The number of benzene rings is 1. The molecule has 0 unspecified atom stereocenters. The minimum Gasteiger partial charge on any atom is -0.381 e. The van der Waals surface area contributed by atoms with E-state index in [4.69, 9.17) is 14.8 Å². The van der Waals surface area contributed by atoms with Gasteiger partial charge in [0.2, 0.25) is 0 Å². The van der Waals surface area contributed by atoms with Crippen LogP contribution in [0.25, 0.3) is 5.69 Å². The molecule has 2 aromatic rings. The van der Waals surface area contributed by atoms with Crippen molar-refractivity contribution in [2.75, 3.05) is 20.3 Å². The molecule has 2 aliphatic rings. The van der Waals surface area contributed by atoms with Crippen LogP contribution in [-0.2, 0) is 24.1 Å². The summed E-state index contributed by atoms with van der Waals surface area (Å²) in [6.07, 6.45) is 4.59. The van der Waals surface area contributed by atoms with Gasteiger partial charge < -0.3 is 10.1 Å². The number of nitrogens with one attached hydrogen (secondary N) is 1. The second-order valence-corrected chi connectivity index (χ2v) is 6.16. The van der Waals surface area contributed by atoms with Crippen LogP contribution in [0, 0.1) is 0 Å². The van der Waals surface area contributed by atoms with Crippen LogP contribution in [0.5, 0.6) is 0 Å². The Hall–Kier alpha value is -1.72. The van der Waals surface area contributed by atoms with Crippen LogP contribution >= 0.6 is 0 Å². The van der Waals surface area contributed by atoms with Gasteiger partial charge in [0.15, 0.2) is 5.82 Å². The zero-order valence-electron chi connectivity index (χ0n) is 13.0. The van der Waals surface area contributed by atoms with Gasteiger partial charge in [-0.2, -0.15) is 5.10 Å². The van der Waals surface area contributed by atoms with E-state index in [0.29, 0.717) is 5.92 Å². The number of nitrogens with zero attached hydrogens (tertiary/aromatic N) is 3. The van der Waals surface area contributed by atoms with Crippen molar-refractivity contribution in [2.24, 2.45) is 0 Å². The van der Waals surface area contributed by atoms with E-state index in [-0.39, 0.29) is 0 Å². The van der Waals surface area contributed by atoms with Crippen LogP contribution in [-0.4, -0.2) is 35.0 Å². The van der Waals surface area contributed by atoms with Gasteiger partial charge in [-0.3, -0.25) is 0 Å². The van der Waals surface area contributed by atoms with Crippen LogP contribution in [0.2, 0.25) is 0 Å². The molecular formula is C17H22N4O. The number of aryl methyl sites for hydroxylation is 1. The minimum absolute atomic E-state index is 0.341. The fraction of sp³-hybridized carbons (Fsp3) is 0.529. The Bertz CT molecular complexity index is 673. The molecule has 1 aliphatic heterocycles. The fourth-order valence-electron chi connectivity index (χ4n) is 3.54. The molecule has 5 heteroatoms. The number of fused-ring (bicyclic) bond motifs is 1. The summed E-state index contributed by atoms with van der Waals surface area (Å²) in [6, 6.07) is 6.56. The number of hydrogen-bond acceptors (Lipinski definition) is 4. The van der Waals surface area contributed by atoms with Crippen molar-refractivity contribution in [3.63, 3.8) is 0 Å². The monoisotopic (exact) mass is 298 g/mol. The molecule has 2 heterocycles. The smallest absolute Gasteiger partial charge is 0.156 e. The van der Waals surface area contributed by atoms with E-state index < -0.39 is 0 Å². The quantitative estimate of drug-likeness (QED) is 0.938. The summed E-state index contributed by atoms with van der Waals surface area (Å²) in [5.41, 5.74) is 4.12. The maximum absolute atomic E-state index is 5.50. The zero-order chi connectivity index (χ0) is 14.9. The predicted octanol–water partition coefficient (Wildman–Crippen LogP) is 1.98. The molecule has 1 aliphatic carbocycles. The highest BCUT2D eigenvalue weighted by atomic mass is 16.5. The minimum atomic E-state index is 0.341. The SMILES string of the molecule is CNCc1nc([C@H]2CCOC2)nn1-c1cccc2c1CCC2. The Labute approximate surface area is 130 Å². The molecule has 1 fully saturated rings. The first kappa shape index (κ1) is 13.9. The summed E-state index contributed by atoms with van der Waals surface area (Å²) >= 11 is 0. The van der Waals surface area contributed by atoms with Gasteiger partial charge in [0.1, 0.15) is 5.82 Å². The molecule has 0 bridgehead atoms. The van der Waals surface area contributed by atoms with Gasteiger partial charge in [-0.05, 0) is 49.9 Å². The Morgan fingerprint density at radius 2 is 2.32 bits per heavy atom. The topological polar surface area (TPSA) is 52.0 Å². The molecule has 1 N–H and O–H groups in total. The van der Waals surface area contributed by atoms with Gasteiger partial charge in [0.05, 0.1) is 18.8 Å².